The summed E-state index contributed by atoms with van der Waals surface area (Å²) in [6.45, 7) is 4.89. The maximum Gasteiger partial charge on any atom is 0.264 e. The number of rotatable bonds is 5. The Hall–Kier alpha value is -0.540. The SMILES string of the molecule is CC(C)N(CCCCl)C(=O)c1cc2c(s1)CCCC2. The van der Waals surface area contributed by atoms with Crippen molar-refractivity contribution in [1.29, 1.82) is 0 Å². The van der Waals surface area contributed by atoms with Gasteiger partial charge in [-0.1, -0.05) is 0 Å². The molecule has 0 N–H and O–H groups in total. The van der Waals surface area contributed by atoms with E-state index in [1.165, 1.54) is 23.3 Å². The predicted molar refractivity (Wildman–Crippen MR) is 82.5 cm³/mol. The van der Waals surface area contributed by atoms with Crippen molar-refractivity contribution in [2.24, 2.45) is 0 Å². The average molecular weight is 300 g/mol. The second-order valence-corrected chi connectivity index (χ2v) is 6.92. The van der Waals surface area contributed by atoms with Gasteiger partial charge in [-0.3, -0.25) is 4.79 Å². The highest BCUT2D eigenvalue weighted by molar-refractivity contribution is 7.14. The van der Waals surface area contributed by atoms with Crippen molar-refractivity contribution in [2.75, 3.05) is 12.4 Å². The Morgan fingerprint density at radius 1 is 1.42 bits per heavy atom. The Labute approximate surface area is 124 Å². The number of carbonyl (C=O) groups is 1. The maximum absolute atomic E-state index is 12.6. The smallest absolute Gasteiger partial charge is 0.264 e. The zero-order valence-electron chi connectivity index (χ0n) is 11.7. The summed E-state index contributed by atoms with van der Waals surface area (Å²) >= 11 is 7.45. The van der Waals surface area contributed by atoms with Gasteiger partial charge in [-0.05, 0) is 57.6 Å². The molecule has 0 radical (unpaired) electrons. The molecule has 1 amide bonds. The van der Waals surface area contributed by atoms with E-state index >= 15 is 0 Å². The molecule has 0 saturated carbocycles. The van der Waals surface area contributed by atoms with Gasteiger partial charge in [0.15, 0.2) is 0 Å². The quantitative estimate of drug-likeness (QED) is 0.749. The van der Waals surface area contributed by atoms with Crippen LogP contribution in [0.15, 0.2) is 6.07 Å². The second kappa shape index (κ2) is 6.76. The van der Waals surface area contributed by atoms with E-state index in [4.69, 9.17) is 11.6 Å². The molecule has 2 nitrogen and oxygen atoms in total. The van der Waals surface area contributed by atoms with Crippen LogP contribution in [0.5, 0.6) is 0 Å². The lowest BCUT2D eigenvalue weighted by Gasteiger charge is -2.26. The number of hydrogen-bond donors (Lipinski definition) is 0. The third kappa shape index (κ3) is 3.51. The average Bonchev–Trinajstić information content (AvgIpc) is 2.82. The molecule has 0 aliphatic heterocycles. The molecule has 1 heterocycles. The Morgan fingerprint density at radius 2 is 2.16 bits per heavy atom. The molecule has 4 heteroatoms. The highest BCUT2D eigenvalue weighted by Crippen LogP contribution is 2.30. The van der Waals surface area contributed by atoms with Gasteiger partial charge in [-0.15, -0.1) is 22.9 Å². The van der Waals surface area contributed by atoms with Gasteiger partial charge in [0.25, 0.3) is 5.91 Å². The van der Waals surface area contributed by atoms with E-state index in [1.807, 2.05) is 4.90 Å². The number of nitrogens with zero attached hydrogens (tertiary/aromatic N) is 1. The van der Waals surface area contributed by atoms with Crippen LogP contribution in [-0.2, 0) is 12.8 Å². The van der Waals surface area contributed by atoms with E-state index < -0.39 is 0 Å². The number of thiophene rings is 1. The molecule has 0 fully saturated rings. The Bertz CT molecular complexity index is 418. The first-order valence-electron chi connectivity index (χ1n) is 7.12. The van der Waals surface area contributed by atoms with E-state index in [9.17, 15) is 4.79 Å². The number of alkyl halides is 1. The largest absolute Gasteiger partial charge is 0.335 e. The van der Waals surface area contributed by atoms with Crippen molar-refractivity contribution in [3.8, 4) is 0 Å². The molecular weight excluding hydrogens is 278 g/mol. The molecule has 1 aromatic rings. The maximum atomic E-state index is 12.6. The van der Waals surface area contributed by atoms with Gasteiger partial charge >= 0.3 is 0 Å². The molecule has 0 spiro atoms. The second-order valence-electron chi connectivity index (χ2n) is 5.40. The highest BCUT2D eigenvalue weighted by Gasteiger charge is 2.22. The summed E-state index contributed by atoms with van der Waals surface area (Å²) in [6, 6.07) is 2.35. The molecule has 0 bridgehead atoms. The lowest BCUT2D eigenvalue weighted by Crippen LogP contribution is -2.37. The first-order valence-corrected chi connectivity index (χ1v) is 8.47. The fourth-order valence-electron chi connectivity index (χ4n) is 2.56. The van der Waals surface area contributed by atoms with E-state index in [0.29, 0.717) is 5.88 Å². The van der Waals surface area contributed by atoms with Crippen LogP contribution in [0.3, 0.4) is 0 Å². The first kappa shape index (κ1) is 14.9. The summed E-state index contributed by atoms with van der Waals surface area (Å²) in [5.41, 5.74) is 1.40. The van der Waals surface area contributed by atoms with Crippen LogP contribution >= 0.6 is 22.9 Å². The van der Waals surface area contributed by atoms with E-state index in [1.54, 1.807) is 11.3 Å². The van der Waals surface area contributed by atoms with E-state index in [2.05, 4.69) is 19.9 Å². The Balaban J connectivity index is 2.14. The van der Waals surface area contributed by atoms with Crippen LogP contribution in [0.25, 0.3) is 0 Å². The van der Waals surface area contributed by atoms with Crippen LogP contribution in [0.1, 0.15) is 53.2 Å². The molecule has 1 aromatic heterocycles. The molecule has 0 saturated heterocycles. The predicted octanol–water partition coefficient (Wildman–Crippen LogP) is 4.11. The standard InChI is InChI=1S/C15H22ClNOS/c1-11(2)17(9-5-8-16)15(18)14-10-12-6-3-4-7-13(12)19-14/h10-11H,3-9H2,1-2H3. The molecule has 0 atom stereocenters. The minimum atomic E-state index is 0.180. The van der Waals surface area contributed by atoms with Gasteiger partial charge < -0.3 is 4.90 Å². The third-order valence-corrected chi connectivity index (χ3v) is 5.12. The summed E-state index contributed by atoms with van der Waals surface area (Å²) in [4.78, 5) is 16.9. The number of halogens is 1. The van der Waals surface area contributed by atoms with Gasteiger partial charge in [-0.25, -0.2) is 0 Å². The normalized spacial score (nSPS) is 14.5. The van der Waals surface area contributed by atoms with Gasteiger partial charge in [0.05, 0.1) is 4.88 Å². The van der Waals surface area contributed by atoms with Crippen molar-refractivity contribution in [3.63, 3.8) is 0 Å². The zero-order chi connectivity index (χ0) is 13.8. The lowest BCUT2D eigenvalue weighted by atomic mass is 9.99. The number of amides is 1. The molecule has 19 heavy (non-hydrogen) atoms. The van der Waals surface area contributed by atoms with Crippen molar-refractivity contribution >= 4 is 28.8 Å². The molecule has 0 unspecified atom stereocenters. The van der Waals surface area contributed by atoms with Gasteiger partial charge in [0, 0.05) is 23.3 Å². The lowest BCUT2D eigenvalue weighted by molar-refractivity contribution is 0.0711. The number of fused-ring (bicyclic) bond motifs is 1. The van der Waals surface area contributed by atoms with Crippen LogP contribution < -0.4 is 0 Å². The van der Waals surface area contributed by atoms with Gasteiger partial charge in [0.2, 0.25) is 0 Å². The summed E-state index contributed by atoms with van der Waals surface area (Å²) in [5, 5.41) is 0. The minimum absolute atomic E-state index is 0.180. The molecular formula is C15H22ClNOS. The van der Waals surface area contributed by atoms with E-state index in [0.717, 1.165) is 30.7 Å². The molecule has 2 rings (SSSR count). The summed E-state index contributed by atoms with van der Waals surface area (Å²) in [7, 11) is 0. The Kier molecular flexibility index (Phi) is 5.28. The molecule has 0 aromatic carbocycles. The molecule has 106 valence electrons. The third-order valence-electron chi connectivity index (χ3n) is 3.62. The molecule has 1 aliphatic carbocycles. The van der Waals surface area contributed by atoms with Crippen LogP contribution in [-0.4, -0.2) is 29.3 Å². The van der Waals surface area contributed by atoms with Crippen LogP contribution in [0, 0.1) is 0 Å². The van der Waals surface area contributed by atoms with Crippen molar-refractivity contribution in [2.45, 2.75) is 52.0 Å². The Morgan fingerprint density at radius 3 is 2.79 bits per heavy atom. The fourth-order valence-corrected chi connectivity index (χ4v) is 3.89. The number of carbonyl (C=O) groups excluding carboxylic acids is 1. The first-order chi connectivity index (χ1) is 9.13. The van der Waals surface area contributed by atoms with Crippen LogP contribution in [0.4, 0.5) is 0 Å². The number of hydrogen-bond acceptors (Lipinski definition) is 2. The monoisotopic (exact) mass is 299 g/mol. The van der Waals surface area contributed by atoms with Crippen molar-refractivity contribution < 1.29 is 4.79 Å². The van der Waals surface area contributed by atoms with Crippen LogP contribution in [0.2, 0.25) is 0 Å². The molecule has 1 aliphatic rings. The fraction of sp³-hybridized carbons (Fsp3) is 0.667. The van der Waals surface area contributed by atoms with Gasteiger partial charge in [0.1, 0.15) is 0 Å². The van der Waals surface area contributed by atoms with Crippen molar-refractivity contribution in [1.82, 2.24) is 4.90 Å². The van der Waals surface area contributed by atoms with Gasteiger partial charge in [-0.2, -0.15) is 0 Å². The highest BCUT2D eigenvalue weighted by atomic mass is 35.5. The summed E-state index contributed by atoms with van der Waals surface area (Å²) < 4.78 is 0. The summed E-state index contributed by atoms with van der Waals surface area (Å²) in [5.74, 6) is 0.789. The topological polar surface area (TPSA) is 20.3 Å². The van der Waals surface area contributed by atoms with E-state index in [-0.39, 0.29) is 11.9 Å². The van der Waals surface area contributed by atoms with Crippen molar-refractivity contribution in [3.05, 3.63) is 21.4 Å². The minimum Gasteiger partial charge on any atom is -0.335 e. The zero-order valence-corrected chi connectivity index (χ0v) is 13.3. The summed E-state index contributed by atoms with van der Waals surface area (Å²) in [6.07, 6.45) is 5.68. The number of aryl methyl sites for hydroxylation is 2.